The Morgan fingerprint density at radius 1 is 0.647 bits per heavy atom. The predicted octanol–water partition coefficient (Wildman–Crippen LogP) is 3.57. The third-order valence-corrected chi connectivity index (χ3v) is 4.42. The van der Waals surface area contributed by atoms with Gasteiger partial charge in [0.15, 0.2) is 12.6 Å². The Morgan fingerprint density at radius 2 is 1.00 bits per heavy atom. The summed E-state index contributed by atoms with van der Waals surface area (Å²) in [5, 5.41) is 21.7. The summed E-state index contributed by atoms with van der Waals surface area (Å²) in [4.78, 5) is 66.9. The van der Waals surface area contributed by atoms with Crippen LogP contribution < -0.4 is 9.47 Å². The fourth-order valence-electron chi connectivity index (χ4n) is 2.79. The zero-order chi connectivity index (χ0) is 24.8. The maximum absolute atomic E-state index is 12.3. The van der Waals surface area contributed by atoms with Gasteiger partial charge in [-0.2, -0.15) is 0 Å². The number of hydrogen-bond donors (Lipinski definition) is 0. The van der Waals surface area contributed by atoms with Gasteiger partial charge in [0.2, 0.25) is 0 Å². The Balaban J connectivity index is 1.71. The van der Waals surface area contributed by atoms with Gasteiger partial charge in [-0.25, -0.2) is 9.59 Å². The maximum atomic E-state index is 12.3. The Labute approximate surface area is 189 Å². The molecule has 0 saturated carbocycles. The van der Waals surface area contributed by atoms with Crippen LogP contribution in [0.4, 0.5) is 11.4 Å². The van der Waals surface area contributed by atoms with Crippen LogP contribution in [0.15, 0.2) is 60.7 Å². The molecule has 0 spiro atoms. The van der Waals surface area contributed by atoms with Crippen molar-refractivity contribution in [2.75, 3.05) is 0 Å². The number of nitro benzene ring substituents is 2. The highest BCUT2D eigenvalue weighted by atomic mass is 16.6. The lowest BCUT2D eigenvalue weighted by molar-refractivity contribution is -0.385. The van der Waals surface area contributed by atoms with Crippen LogP contribution in [-0.4, -0.2) is 34.4 Å². The first-order chi connectivity index (χ1) is 16.2. The molecule has 12 nitrogen and oxygen atoms in total. The molecular weight excluding hydrogens is 452 g/mol. The number of aldehydes is 2. The van der Waals surface area contributed by atoms with E-state index >= 15 is 0 Å². The molecule has 0 fully saturated rings. The molecule has 0 unspecified atom stereocenters. The smallest absolute Gasteiger partial charge is 0.343 e. The van der Waals surface area contributed by atoms with Crippen molar-refractivity contribution in [2.45, 2.75) is 0 Å². The first-order valence-corrected chi connectivity index (χ1v) is 9.25. The minimum absolute atomic E-state index is 0.0288. The van der Waals surface area contributed by atoms with E-state index in [1.165, 1.54) is 24.3 Å². The number of nitrogens with zero attached hydrogens (tertiary/aromatic N) is 2. The number of nitro groups is 2. The zero-order valence-electron chi connectivity index (χ0n) is 16.9. The first-order valence-electron chi connectivity index (χ1n) is 9.25. The van der Waals surface area contributed by atoms with Gasteiger partial charge in [-0.1, -0.05) is 0 Å². The molecule has 0 bridgehead atoms. The van der Waals surface area contributed by atoms with Gasteiger partial charge in [0.25, 0.3) is 11.4 Å². The normalized spacial score (nSPS) is 10.1. The molecule has 34 heavy (non-hydrogen) atoms. The van der Waals surface area contributed by atoms with Gasteiger partial charge >= 0.3 is 11.9 Å². The number of hydrogen-bond acceptors (Lipinski definition) is 10. The van der Waals surface area contributed by atoms with Gasteiger partial charge in [-0.05, 0) is 48.5 Å². The molecule has 0 N–H and O–H groups in total. The number of rotatable bonds is 8. The topological polar surface area (TPSA) is 173 Å². The van der Waals surface area contributed by atoms with E-state index < -0.39 is 33.2 Å². The van der Waals surface area contributed by atoms with E-state index in [2.05, 4.69) is 0 Å². The van der Waals surface area contributed by atoms with Gasteiger partial charge in [-0.3, -0.25) is 29.8 Å². The Kier molecular flexibility index (Phi) is 6.82. The van der Waals surface area contributed by atoms with Crippen LogP contribution in [-0.2, 0) is 0 Å². The molecule has 3 rings (SSSR count). The minimum Gasteiger partial charge on any atom is -0.423 e. The number of ether oxygens (including phenoxy) is 2. The van der Waals surface area contributed by atoms with Crippen LogP contribution in [0, 0.1) is 20.2 Å². The quantitative estimate of drug-likeness (QED) is 0.158. The standard InChI is InChI=1S/C22H12N2O10/c25-11-15-9-17(5-7-19(15)23(29)30)33-21(27)13-1-2-14(4-3-13)22(28)34-18-6-8-20(24(31)32)16(10-18)12-26/h1-12H. The monoisotopic (exact) mass is 464 g/mol. The number of benzene rings is 3. The lowest BCUT2D eigenvalue weighted by Crippen LogP contribution is -2.11. The Hall–Kier alpha value is -5.26. The highest BCUT2D eigenvalue weighted by Gasteiger charge is 2.18. The van der Waals surface area contributed by atoms with Crippen molar-refractivity contribution in [3.05, 3.63) is 103 Å². The van der Waals surface area contributed by atoms with Crippen LogP contribution in [0.2, 0.25) is 0 Å². The van der Waals surface area contributed by atoms with Gasteiger partial charge in [0, 0.05) is 12.1 Å². The summed E-state index contributed by atoms with van der Waals surface area (Å²) >= 11 is 0. The fraction of sp³-hybridized carbons (Fsp3) is 0. The van der Waals surface area contributed by atoms with Crippen molar-refractivity contribution >= 4 is 35.9 Å². The number of esters is 2. The molecule has 170 valence electrons. The van der Waals surface area contributed by atoms with Crippen molar-refractivity contribution in [3.8, 4) is 11.5 Å². The largest absolute Gasteiger partial charge is 0.423 e. The van der Waals surface area contributed by atoms with E-state index in [-0.39, 0.29) is 46.3 Å². The summed E-state index contributed by atoms with van der Waals surface area (Å²) in [5.41, 5.74) is -1.35. The van der Waals surface area contributed by atoms with Crippen LogP contribution in [0.1, 0.15) is 41.4 Å². The summed E-state index contributed by atoms with van der Waals surface area (Å²) in [6.45, 7) is 0. The van der Waals surface area contributed by atoms with E-state index in [0.717, 1.165) is 36.4 Å². The third-order valence-electron chi connectivity index (χ3n) is 4.42. The SMILES string of the molecule is O=Cc1cc(OC(=O)c2ccc(C(=O)Oc3ccc([N+](=O)[O-])c(C=O)c3)cc2)ccc1[N+](=O)[O-]. The molecule has 0 heterocycles. The van der Waals surface area contributed by atoms with Crippen molar-refractivity contribution in [3.63, 3.8) is 0 Å². The summed E-state index contributed by atoms with van der Waals surface area (Å²) in [6, 6.07) is 11.5. The molecule has 0 aliphatic carbocycles. The third kappa shape index (κ3) is 5.13. The van der Waals surface area contributed by atoms with Gasteiger partial charge < -0.3 is 9.47 Å². The summed E-state index contributed by atoms with van der Waals surface area (Å²) in [5.74, 6) is -1.89. The molecule has 0 amide bonds. The molecule has 0 aromatic heterocycles. The van der Waals surface area contributed by atoms with Crippen molar-refractivity contribution in [1.82, 2.24) is 0 Å². The van der Waals surface area contributed by atoms with E-state index in [9.17, 15) is 39.4 Å². The molecule has 0 saturated heterocycles. The first kappa shape index (κ1) is 23.4. The summed E-state index contributed by atoms with van der Waals surface area (Å²) in [7, 11) is 0. The van der Waals surface area contributed by atoms with E-state index in [0.29, 0.717) is 0 Å². The average molecular weight is 464 g/mol. The van der Waals surface area contributed by atoms with Crippen LogP contribution in [0.25, 0.3) is 0 Å². The Morgan fingerprint density at radius 3 is 1.29 bits per heavy atom. The molecule has 3 aromatic rings. The van der Waals surface area contributed by atoms with Crippen LogP contribution in [0.5, 0.6) is 11.5 Å². The van der Waals surface area contributed by atoms with E-state index in [1.54, 1.807) is 0 Å². The lowest BCUT2D eigenvalue weighted by Gasteiger charge is -2.07. The van der Waals surface area contributed by atoms with Gasteiger partial charge in [0.1, 0.15) is 11.5 Å². The van der Waals surface area contributed by atoms with E-state index in [4.69, 9.17) is 9.47 Å². The molecule has 0 radical (unpaired) electrons. The molecule has 0 atom stereocenters. The lowest BCUT2D eigenvalue weighted by atomic mass is 10.1. The number of carbonyl (C=O) groups excluding carboxylic acids is 4. The second-order valence-corrected chi connectivity index (χ2v) is 6.55. The fourth-order valence-corrected chi connectivity index (χ4v) is 2.79. The van der Waals surface area contributed by atoms with Gasteiger partial charge in [-0.15, -0.1) is 0 Å². The van der Waals surface area contributed by atoms with Crippen LogP contribution in [0.3, 0.4) is 0 Å². The molecular formula is C22H12N2O10. The summed E-state index contributed by atoms with van der Waals surface area (Å²) in [6.07, 6.45) is 0.526. The second kappa shape index (κ2) is 9.91. The van der Waals surface area contributed by atoms with Crippen molar-refractivity contribution in [1.29, 1.82) is 0 Å². The molecule has 12 heteroatoms. The van der Waals surface area contributed by atoms with Crippen LogP contribution >= 0.6 is 0 Å². The van der Waals surface area contributed by atoms with Crippen molar-refractivity contribution < 1.29 is 38.5 Å². The number of carbonyl (C=O) groups is 4. The molecule has 0 aliphatic heterocycles. The molecule has 3 aromatic carbocycles. The molecule has 0 aliphatic rings. The van der Waals surface area contributed by atoms with Crippen molar-refractivity contribution in [2.24, 2.45) is 0 Å². The average Bonchev–Trinajstić information content (AvgIpc) is 2.83. The second-order valence-electron chi connectivity index (χ2n) is 6.55. The predicted molar refractivity (Wildman–Crippen MR) is 113 cm³/mol. The summed E-state index contributed by atoms with van der Waals surface area (Å²) < 4.78 is 10.2. The minimum atomic E-state index is -0.850. The Bertz CT molecular complexity index is 1230. The maximum Gasteiger partial charge on any atom is 0.343 e. The highest BCUT2D eigenvalue weighted by molar-refractivity contribution is 5.95. The highest BCUT2D eigenvalue weighted by Crippen LogP contribution is 2.25. The van der Waals surface area contributed by atoms with E-state index in [1.807, 2.05) is 0 Å². The van der Waals surface area contributed by atoms with Gasteiger partial charge in [0.05, 0.1) is 32.1 Å². The zero-order valence-corrected chi connectivity index (χ0v) is 16.9.